The fraction of sp³-hybridized carbons (Fsp3) is 0.640. The summed E-state index contributed by atoms with van der Waals surface area (Å²) in [7, 11) is -3.05. The van der Waals surface area contributed by atoms with Gasteiger partial charge in [-0.3, -0.25) is 0 Å². The highest BCUT2D eigenvalue weighted by Crippen LogP contribution is 2.39. The normalized spacial score (nSPS) is 17.7. The van der Waals surface area contributed by atoms with E-state index in [1.54, 1.807) is 12.3 Å². The summed E-state index contributed by atoms with van der Waals surface area (Å²) in [5.74, 6) is -0.263. The summed E-state index contributed by atoms with van der Waals surface area (Å²) >= 11 is 0. The summed E-state index contributed by atoms with van der Waals surface area (Å²) in [6.07, 6.45) is 2.78. The van der Waals surface area contributed by atoms with Gasteiger partial charge in [-0.25, -0.2) is 4.39 Å². The Hall–Kier alpha value is -1.67. The maximum absolute atomic E-state index is 15.3. The van der Waals surface area contributed by atoms with Crippen LogP contribution in [0.5, 0.6) is 0 Å². The quantitative estimate of drug-likeness (QED) is 0.311. The van der Waals surface area contributed by atoms with Gasteiger partial charge in [-0.1, -0.05) is 40.4 Å². The molecule has 182 valence electrons. The van der Waals surface area contributed by atoms with Crippen molar-refractivity contribution < 1.29 is 13.6 Å². The molecule has 1 aromatic carbocycles. The molecule has 1 atom stereocenters. The van der Waals surface area contributed by atoms with Gasteiger partial charge in [0.2, 0.25) is 0 Å². The average molecular weight is 490 g/mol. The molecular weight excluding hydrogens is 449 g/mol. The summed E-state index contributed by atoms with van der Waals surface area (Å²) in [4.78, 5) is 2.07. The van der Waals surface area contributed by atoms with E-state index in [0.717, 1.165) is 24.4 Å². The maximum atomic E-state index is 15.3. The summed E-state index contributed by atoms with van der Waals surface area (Å²) < 4.78 is 29.5. The third kappa shape index (κ3) is 6.07. The largest absolute Gasteiger partial charge is 0.412 e. The number of anilines is 1. The molecule has 3 rings (SSSR count). The molecule has 0 saturated carbocycles. The molecule has 5 nitrogen and oxygen atoms in total. The predicted octanol–water partition coefficient (Wildman–Crippen LogP) is 6.56. The van der Waals surface area contributed by atoms with Crippen LogP contribution in [0.1, 0.15) is 32.8 Å². The Morgan fingerprint density at radius 2 is 1.88 bits per heavy atom. The second-order valence-corrected chi connectivity index (χ2v) is 22.4. The summed E-state index contributed by atoms with van der Waals surface area (Å²) in [6, 6.07) is 6.72. The van der Waals surface area contributed by atoms with Crippen molar-refractivity contribution in [3.63, 3.8) is 0 Å². The number of nitrogens with zero attached hydrogens (tertiary/aromatic N) is 3. The number of halogens is 1. The van der Waals surface area contributed by atoms with E-state index in [9.17, 15) is 5.26 Å². The number of benzene rings is 1. The van der Waals surface area contributed by atoms with E-state index in [0.29, 0.717) is 36.6 Å². The minimum atomic E-state index is -1.88. The molecule has 1 fully saturated rings. The fourth-order valence-corrected chi connectivity index (χ4v) is 6.05. The van der Waals surface area contributed by atoms with Crippen molar-refractivity contribution in [1.82, 2.24) is 4.57 Å². The van der Waals surface area contributed by atoms with E-state index < -0.39 is 16.4 Å². The Bertz CT molecular complexity index is 1030. The van der Waals surface area contributed by atoms with E-state index in [2.05, 4.69) is 64.5 Å². The summed E-state index contributed by atoms with van der Waals surface area (Å²) in [5.41, 5.74) is 1.81. The molecule has 0 radical (unpaired) electrons. The molecule has 0 aliphatic carbocycles. The van der Waals surface area contributed by atoms with Gasteiger partial charge in [0.1, 0.15) is 18.6 Å². The highest BCUT2D eigenvalue weighted by atomic mass is 28.4. The first-order chi connectivity index (χ1) is 15.2. The lowest BCUT2D eigenvalue weighted by Crippen LogP contribution is -2.44. The maximum Gasteiger partial charge on any atom is 0.192 e. The molecule has 2 heterocycles. The molecule has 0 unspecified atom stereocenters. The Balaban J connectivity index is 1.78. The topological polar surface area (TPSA) is 50.4 Å². The number of hydrogen-bond acceptors (Lipinski definition) is 4. The van der Waals surface area contributed by atoms with Crippen molar-refractivity contribution >= 4 is 33.0 Å². The molecule has 0 bridgehead atoms. The Labute approximate surface area is 200 Å². The van der Waals surface area contributed by atoms with Gasteiger partial charge in [0.05, 0.1) is 22.9 Å². The van der Waals surface area contributed by atoms with Crippen LogP contribution in [0.25, 0.3) is 10.9 Å². The second kappa shape index (κ2) is 9.53. The first-order valence-electron chi connectivity index (χ1n) is 11.9. The third-order valence-corrected chi connectivity index (χ3v) is 13.3. The van der Waals surface area contributed by atoms with E-state index in [1.807, 2.05) is 10.6 Å². The molecule has 8 heteroatoms. The lowest BCUT2D eigenvalue weighted by molar-refractivity contribution is 0.0902. The monoisotopic (exact) mass is 489 g/mol. The van der Waals surface area contributed by atoms with Crippen molar-refractivity contribution in [2.45, 2.75) is 83.8 Å². The smallest absolute Gasteiger partial charge is 0.192 e. The lowest BCUT2D eigenvalue weighted by Gasteiger charge is -2.38. The lowest BCUT2D eigenvalue weighted by atomic mass is 10.1. The van der Waals surface area contributed by atoms with Crippen molar-refractivity contribution in [3.05, 3.63) is 29.7 Å². The zero-order chi connectivity index (χ0) is 24.6. The van der Waals surface area contributed by atoms with E-state index >= 15 is 4.39 Å². The molecule has 1 saturated heterocycles. The number of hydrogen-bond donors (Lipinski definition) is 0. The number of aromatic nitrogens is 1. The number of ether oxygens (including phenoxy) is 1. The van der Waals surface area contributed by atoms with Gasteiger partial charge in [0.15, 0.2) is 8.32 Å². The van der Waals surface area contributed by atoms with Crippen LogP contribution in [-0.2, 0) is 15.9 Å². The predicted molar refractivity (Wildman–Crippen MR) is 140 cm³/mol. The van der Waals surface area contributed by atoms with Crippen molar-refractivity contribution in [3.8, 4) is 6.07 Å². The molecule has 33 heavy (non-hydrogen) atoms. The van der Waals surface area contributed by atoms with Crippen molar-refractivity contribution in [2.75, 3.05) is 24.6 Å². The van der Waals surface area contributed by atoms with Crippen LogP contribution in [0.15, 0.2) is 18.3 Å². The Morgan fingerprint density at radius 1 is 1.18 bits per heavy atom. The van der Waals surface area contributed by atoms with Crippen molar-refractivity contribution in [1.29, 1.82) is 5.26 Å². The number of fused-ring (bicyclic) bond motifs is 1. The fourth-order valence-electron chi connectivity index (χ4n) is 3.92. The number of rotatable bonds is 8. The van der Waals surface area contributed by atoms with Gasteiger partial charge < -0.3 is 18.6 Å². The summed E-state index contributed by atoms with van der Waals surface area (Å²) in [5, 5.41) is 10.6. The standard InChI is InChI=1S/C25H40FN3O2Si2/c1-25(2,3)33(7,8)31-20-9-10-28(17-20)24-13-21-19(15-27)16-29(23(21)14-22(24)26)18-30-11-12-32(4,5)6/h13-14,16,20H,9-12,17-18H2,1-8H3/t20-/m0/s1. The molecule has 0 N–H and O–H groups in total. The molecule has 2 aromatic rings. The van der Waals surface area contributed by atoms with Gasteiger partial charge >= 0.3 is 0 Å². The zero-order valence-electron chi connectivity index (χ0n) is 21.6. The van der Waals surface area contributed by atoms with E-state index in [4.69, 9.17) is 9.16 Å². The highest BCUT2D eigenvalue weighted by Gasteiger charge is 2.40. The van der Waals surface area contributed by atoms with Crippen LogP contribution >= 0.6 is 0 Å². The SMILES string of the molecule is CC(C)(C)[Si](C)(C)O[C@H]1CCN(c2cc3c(C#N)cn(COCC[Si](C)(C)C)c3cc2F)C1. The molecule has 1 aromatic heterocycles. The minimum absolute atomic E-state index is 0.112. The first-order valence-corrected chi connectivity index (χ1v) is 18.6. The van der Waals surface area contributed by atoms with Gasteiger partial charge in [-0.2, -0.15) is 5.26 Å². The van der Waals surface area contributed by atoms with E-state index in [-0.39, 0.29) is 17.0 Å². The van der Waals surface area contributed by atoms with Gasteiger partial charge in [-0.05, 0) is 36.7 Å². The van der Waals surface area contributed by atoms with Crippen LogP contribution in [0.3, 0.4) is 0 Å². The van der Waals surface area contributed by atoms with Gasteiger partial charge in [0, 0.05) is 45.4 Å². The molecular formula is C25H40FN3O2Si2. The molecule has 1 aliphatic rings. The zero-order valence-corrected chi connectivity index (χ0v) is 23.6. The van der Waals surface area contributed by atoms with Crippen LogP contribution in [0.4, 0.5) is 10.1 Å². The van der Waals surface area contributed by atoms with Gasteiger partial charge in [0.25, 0.3) is 0 Å². The summed E-state index contributed by atoms with van der Waals surface area (Å²) in [6.45, 7) is 20.6. The first kappa shape index (κ1) is 25.9. The molecule has 1 aliphatic heterocycles. The Kier molecular flexibility index (Phi) is 7.49. The van der Waals surface area contributed by atoms with Crippen LogP contribution < -0.4 is 4.90 Å². The van der Waals surface area contributed by atoms with Crippen LogP contribution in [-0.4, -0.2) is 46.8 Å². The minimum Gasteiger partial charge on any atom is -0.412 e. The second-order valence-electron chi connectivity index (χ2n) is 12.0. The highest BCUT2D eigenvalue weighted by molar-refractivity contribution is 6.76. The third-order valence-electron chi connectivity index (χ3n) is 7.05. The Morgan fingerprint density at radius 3 is 2.48 bits per heavy atom. The number of nitriles is 1. The molecule has 0 amide bonds. The van der Waals surface area contributed by atoms with Gasteiger partial charge in [-0.15, -0.1) is 0 Å². The van der Waals surface area contributed by atoms with Crippen molar-refractivity contribution in [2.24, 2.45) is 0 Å². The van der Waals surface area contributed by atoms with Crippen LogP contribution in [0.2, 0.25) is 43.8 Å². The van der Waals surface area contributed by atoms with Crippen LogP contribution in [0, 0.1) is 17.1 Å². The average Bonchev–Trinajstić information content (AvgIpc) is 3.26. The van der Waals surface area contributed by atoms with E-state index in [1.165, 1.54) is 0 Å². The molecule has 0 spiro atoms.